The average Bonchev–Trinajstić information content (AvgIpc) is 2.38. The van der Waals surface area contributed by atoms with E-state index in [0.717, 1.165) is 10.0 Å². The molecule has 96 valence electrons. The van der Waals surface area contributed by atoms with Gasteiger partial charge in [0.25, 0.3) is 0 Å². The molecule has 0 fully saturated rings. The second-order valence-corrected chi connectivity index (χ2v) is 5.51. The van der Waals surface area contributed by atoms with Gasteiger partial charge in [-0.25, -0.2) is 0 Å². The van der Waals surface area contributed by atoms with Crippen molar-refractivity contribution in [2.45, 2.75) is 6.61 Å². The van der Waals surface area contributed by atoms with Gasteiger partial charge in [0, 0.05) is 21.1 Å². The van der Waals surface area contributed by atoms with Gasteiger partial charge in [-0.3, -0.25) is 0 Å². The first-order chi connectivity index (χ1) is 9.10. The fraction of sp³-hybridized carbons (Fsp3) is 0.0714. The molecule has 19 heavy (non-hydrogen) atoms. The highest BCUT2D eigenvalue weighted by atomic mass is 79.9. The van der Waals surface area contributed by atoms with Gasteiger partial charge < -0.3 is 4.74 Å². The van der Waals surface area contributed by atoms with E-state index in [0.29, 0.717) is 28.0 Å². The summed E-state index contributed by atoms with van der Waals surface area (Å²) in [6.45, 7) is 0.342. The molecule has 0 radical (unpaired) electrons. The lowest BCUT2D eigenvalue weighted by molar-refractivity contribution is 0.306. The van der Waals surface area contributed by atoms with Crippen LogP contribution >= 0.6 is 39.1 Å². The first kappa shape index (κ1) is 14.2. The van der Waals surface area contributed by atoms with Crippen molar-refractivity contribution in [3.05, 3.63) is 62.0 Å². The third-order valence-corrected chi connectivity index (χ3v) is 3.63. The van der Waals surface area contributed by atoms with Crippen molar-refractivity contribution in [3.8, 4) is 11.8 Å². The molecule has 0 saturated heterocycles. The van der Waals surface area contributed by atoms with E-state index in [1.807, 2.05) is 24.3 Å². The van der Waals surface area contributed by atoms with E-state index >= 15 is 0 Å². The number of benzene rings is 2. The molecule has 2 nitrogen and oxygen atoms in total. The van der Waals surface area contributed by atoms with Crippen LogP contribution in [0.2, 0.25) is 10.0 Å². The SMILES string of the molecule is N#Cc1ccc(OCc2ccc(Br)cc2Cl)cc1Cl. The molecule has 2 aromatic carbocycles. The molecule has 0 saturated carbocycles. The fourth-order valence-electron chi connectivity index (χ4n) is 1.48. The van der Waals surface area contributed by atoms with Crippen molar-refractivity contribution in [1.29, 1.82) is 5.26 Å². The van der Waals surface area contributed by atoms with E-state index in [1.165, 1.54) is 0 Å². The number of hydrogen-bond donors (Lipinski definition) is 0. The zero-order valence-corrected chi connectivity index (χ0v) is 12.8. The number of hydrogen-bond acceptors (Lipinski definition) is 2. The van der Waals surface area contributed by atoms with E-state index < -0.39 is 0 Å². The van der Waals surface area contributed by atoms with Gasteiger partial charge >= 0.3 is 0 Å². The summed E-state index contributed by atoms with van der Waals surface area (Å²) < 4.78 is 6.52. The standard InChI is InChI=1S/C14H8BrCl2NO/c15-11-3-1-10(13(16)5-11)8-19-12-4-2-9(7-18)14(17)6-12/h1-6H,8H2. The van der Waals surface area contributed by atoms with Gasteiger partial charge in [-0.1, -0.05) is 45.2 Å². The van der Waals surface area contributed by atoms with Crippen LogP contribution in [0.15, 0.2) is 40.9 Å². The minimum Gasteiger partial charge on any atom is -0.489 e. The van der Waals surface area contributed by atoms with Crippen LogP contribution in [0.4, 0.5) is 0 Å². The van der Waals surface area contributed by atoms with Crippen LogP contribution < -0.4 is 4.74 Å². The summed E-state index contributed by atoms with van der Waals surface area (Å²) in [5, 5.41) is 9.79. The van der Waals surface area contributed by atoms with Gasteiger partial charge in [-0.2, -0.15) is 5.26 Å². The Morgan fingerprint density at radius 1 is 1.11 bits per heavy atom. The van der Waals surface area contributed by atoms with Gasteiger partial charge in [0.15, 0.2) is 0 Å². The van der Waals surface area contributed by atoms with Crippen molar-refractivity contribution in [3.63, 3.8) is 0 Å². The number of ether oxygens (including phenoxy) is 1. The normalized spacial score (nSPS) is 10.0. The van der Waals surface area contributed by atoms with Crippen molar-refractivity contribution in [2.24, 2.45) is 0 Å². The molecule has 5 heteroatoms. The van der Waals surface area contributed by atoms with Crippen molar-refractivity contribution in [2.75, 3.05) is 0 Å². The Kier molecular flexibility index (Phi) is 4.71. The Bertz CT molecular complexity index is 652. The number of rotatable bonds is 3. The van der Waals surface area contributed by atoms with E-state index in [9.17, 15) is 0 Å². The molecule has 0 atom stereocenters. The van der Waals surface area contributed by atoms with Gasteiger partial charge in [-0.05, 0) is 24.3 Å². The summed E-state index contributed by atoms with van der Waals surface area (Å²) in [4.78, 5) is 0. The zero-order chi connectivity index (χ0) is 13.8. The lowest BCUT2D eigenvalue weighted by atomic mass is 10.2. The number of nitrogens with zero attached hydrogens (tertiary/aromatic N) is 1. The highest BCUT2D eigenvalue weighted by molar-refractivity contribution is 9.10. The lowest BCUT2D eigenvalue weighted by Crippen LogP contribution is -1.96. The minimum atomic E-state index is 0.342. The van der Waals surface area contributed by atoms with Crippen LogP contribution in [0.3, 0.4) is 0 Å². The largest absolute Gasteiger partial charge is 0.489 e. The summed E-state index contributed by atoms with van der Waals surface area (Å²) in [7, 11) is 0. The highest BCUT2D eigenvalue weighted by Gasteiger charge is 2.05. The maximum absolute atomic E-state index is 8.78. The first-order valence-corrected chi connectivity index (χ1v) is 6.91. The lowest BCUT2D eigenvalue weighted by Gasteiger charge is -2.08. The predicted octanol–water partition coefficient (Wildman–Crippen LogP) is 5.21. The van der Waals surface area contributed by atoms with E-state index in [1.54, 1.807) is 18.2 Å². The van der Waals surface area contributed by atoms with E-state index in [2.05, 4.69) is 15.9 Å². The van der Waals surface area contributed by atoms with Crippen molar-refractivity contribution in [1.82, 2.24) is 0 Å². The van der Waals surface area contributed by atoms with Gasteiger partial charge in [0.05, 0.1) is 10.6 Å². The Labute approximate surface area is 129 Å². The zero-order valence-electron chi connectivity index (χ0n) is 9.66. The summed E-state index contributed by atoms with van der Waals surface area (Å²) in [5.74, 6) is 0.600. The molecule has 0 aromatic heterocycles. The Morgan fingerprint density at radius 2 is 1.89 bits per heavy atom. The van der Waals surface area contributed by atoms with Gasteiger partial charge in [-0.15, -0.1) is 0 Å². The second kappa shape index (κ2) is 6.29. The molecule has 0 N–H and O–H groups in total. The maximum atomic E-state index is 8.78. The number of halogens is 3. The molecule has 0 aliphatic carbocycles. The predicted molar refractivity (Wildman–Crippen MR) is 79.7 cm³/mol. The quantitative estimate of drug-likeness (QED) is 0.756. The van der Waals surface area contributed by atoms with Crippen molar-refractivity contribution >= 4 is 39.1 Å². The smallest absolute Gasteiger partial charge is 0.121 e. The monoisotopic (exact) mass is 355 g/mol. The third kappa shape index (κ3) is 3.63. The number of nitriles is 1. The van der Waals surface area contributed by atoms with Crippen LogP contribution in [0, 0.1) is 11.3 Å². The summed E-state index contributed by atoms with van der Waals surface area (Å²) in [5.41, 5.74) is 1.31. The average molecular weight is 357 g/mol. The Balaban J connectivity index is 2.10. The molecule has 0 unspecified atom stereocenters. The molecular formula is C14H8BrCl2NO. The minimum absolute atomic E-state index is 0.342. The summed E-state index contributed by atoms with van der Waals surface area (Å²) in [6, 6.07) is 12.5. The highest BCUT2D eigenvalue weighted by Crippen LogP contribution is 2.25. The molecule has 0 aliphatic rings. The Morgan fingerprint density at radius 3 is 2.53 bits per heavy atom. The summed E-state index contributed by atoms with van der Waals surface area (Å²) in [6.07, 6.45) is 0. The first-order valence-electron chi connectivity index (χ1n) is 5.36. The van der Waals surface area contributed by atoms with Crippen LogP contribution in [0.5, 0.6) is 5.75 Å². The van der Waals surface area contributed by atoms with Crippen LogP contribution in [0.25, 0.3) is 0 Å². The molecule has 2 aromatic rings. The van der Waals surface area contributed by atoms with Crippen LogP contribution in [-0.4, -0.2) is 0 Å². The van der Waals surface area contributed by atoms with Crippen LogP contribution in [0.1, 0.15) is 11.1 Å². The molecule has 0 heterocycles. The second-order valence-electron chi connectivity index (χ2n) is 3.78. The van der Waals surface area contributed by atoms with E-state index in [-0.39, 0.29) is 0 Å². The van der Waals surface area contributed by atoms with Crippen molar-refractivity contribution < 1.29 is 4.74 Å². The maximum Gasteiger partial charge on any atom is 0.121 e. The topological polar surface area (TPSA) is 33.0 Å². The molecule has 0 amide bonds. The molecule has 2 rings (SSSR count). The molecular weight excluding hydrogens is 349 g/mol. The fourth-order valence-corrected chi connectivity index (χ4v) is 2.42. The van der Waals surface area contributed by atoms with E-state index in [4.69, 9.17) is 33.2 Å². The molecule has 0 spiro atoms. The Hall–Kier alpha value is -1.21. The van der Waals surface area contributed by atoms with Gasteiger partial charge in [0.2, 0.25) is 0 Å². The molecule has 0 bridgehead atoms. The third-order valence-electron chi connectivity index (χ3n) is 2.47. The summed E-state index contributed by atoms with van der Waals surface area (Å²) >= 11 is 15.4. The van der Waals surface area contributed by atoms with Crippen LogP contribution in [-0.2, 0) is 6.61 Å². The van der Waals surface area contributed by atoms with Gasteiger partial charge in [0.1, 0.15) is 18.4 Å². The molecule has 0 aliphatic heterocycles.